The first-order valence-electron chi connectivity index (χ1n) is 6.67. The molecule has 98 valence electrons. The lowest BCUT2D eigenvalue weighted by atomic mass is 10.0. The van der Waals surface area contributed by atoms with E-state index in [1.165, 1.54) is 27.1 Å². The number of benzene rings is 1. The van der Waals surface area contributed by atoms with Crippen LogP contribution in [0.4, 0.5) is 0 Å². The minimum atomic E-state index is 0.213. The van der Waals surface area contributed by atoms with Crippen LogP contribution in [0.3, 0.4) is 0 Å². The number of hydrogen-bond acceptors (Lipinski definition) is 3. The van der Waals surface area contributed by atoms with Gasteiger partial charge in [0, 0.05) is 16.9 Å². The van der Waals surface area contributed by atoms with Crippen molar-refractivity contribution in [2.75, 3.05) is 0 Å². The van der Waals surface area contributed by atoms with Crippen molar-refractivity contribution < 1.29 is 4.79 Å². The Balaban J connectivity index is 2.13. The fourth-order valence-electron chi connectivity index (χ4n) is 2.57. The Morgan fingerprint density at radius 1 is 1.05 bits per heavy atom. The van der Waals surface area contributed by atoms with E-state index in [0.29, 0.717) is 6.42 Å². The molecule has 0 N–H and O–H groups in total. The zero-order valence-corrected chi connectivity index (χ0v) is 12.4. The first kappa shape index (κ1) is 12.5. The highest BCUT2D eigenvalue weighted by Gasteiger charge is 2.23. The van der Waals surface area contributed by atoms with Crippen LogP contribution in [0.5, 0.6) is 0 Å². The van der Waals surface area contributed by atoms with E-state index in [9.17, 15) is 4.79 Å². The summed E-state index contributed by atoms with van der Waals surface area (Å²) < 4.78 is 0. The highest BCUT2D eigenvalue weighted by Crippen LogP contribution is 2.35. The number of hydrogen-bond donors (Lipinski definition) is 0. The second kappa shape index (κ2) is 4.57. The molecule has 0 unspecified atom stereocenters. The molecule has 3 heteroatoms. The number of ketones is 1. The SMILES string of the molecule is Cc1cc(C)c(-c2nc3c(s2)CCCC3=O)cc1C. The van der Waals surface area contributed by atoms with E-state index in [0.717, 1.165) is 23.5 Å². The summed E-state index contributed by atoms with van der Waals surface area (Å²) in [7, 11) is 0. The van der Waals surface area contributed by atoms with Gasteiger partial charge < -0.3 is 0 Å². The predicted octanol–water partition coefficient (Wildman–Crippen LogP) is 4.25. The van der Waals surface area contributed by atoms with E-state index in [4.69, 9.17) is 0 Å². The zero-order chi connectivity index (χ0) is 13.6. The third kappa shape index (κ3) is 2.12. The van der Waals surface area contributed by atoms with Crippen molar-refractivity contribution in [1.82, 2.24) is 4.98 Å². The van der Waals surface area contributed by atoms with Crippen LogP contribution in [-0.4, -0.2) is 10.8 Å². The Kier molecular flexibility index (Phi) is 3.02. The first-order chi connectivity index (χ1) is 9.06. The maximum atomic E-state index is 11.9. The summed E-state index contributed by atoms with van der Waals surface area (Å²) in [5.41, 5.74) is 5.72. The minimum Gasteiger partial charge on any atom is -0.292 e. The van der Waals surface area contributed by atoms with Crippen LogP contribution < -0.4 is 0 Å². The maximum absolute atomic E-state index is 11.9. The number of carbonyl (C=O) groups is 1. The summed E-state index contributed by atoms with van der Waals surface area (Å²) in [5, 5.41) is 1.00. The van der Waals surface area contributed by atoms with Crippen LogP contribution in [0.15, 0.2) is 12.1 Å². The Bertz CT molecular complexity index is 670. The second-order valence-electron chi connectivity index (χ2n) is 5.32. The Morgan fingerprint density at radius 3 is 2.53 bits per heavy atom. The van der Waals surface area contributed by atoms with Crippen LogP contribution in [0.2, 0.25) is 0 Å². The van der Waals surface area contributed by atoms with Crippen molar-refractivity contribution in [2.45, 2.75) is 40.0 Å². The van der Waals surface area contributed by atoms with Crippen LogP contribution in [0.25, 0.3) is 10.6 Å². The number of nitrogens with zero attached hydrogens (tertiary/aromatic N) is 1. The van der Waals surface area contributed by atoms with Crippen molar-refractivity contribution in [3.63, 3.8) is 0 Å². The standard InChI is InChI=1S/C16H17NOS/c1-9-7-11(3)12(8-10(9)2)16-17-15-13(18)5-4-6-14(15)19-16/h7-8H,4-6H2,1-3H3. The van der Waals surface area contributed by atoms with Crippen molar-refractivity contribution >= 4 is 17.1 Å². The topological polar surface area (TPSA) is 30.0 Å². The molecule has 0 saturated heterocycles. The summed E-state index contributed by atoms with van der Waals surface area (Å²) in [6, 6.07) is 4.40. The molecule has 2 nitrogen and oxygen atoms in total. The number of aromatic nitrogens is 1. The van der Waals surface area contributed by atoms with Gasteiger partial charge in [-0.15, -0.1) is 11.3 Å². The molecule has 2 aromatic rings. The molecule has 0 amide bonds. The van der Waals surface area contributed by atoms with Gasteiger partial charge in [0.2, 0.25) is 0 Å². The Labute approximate surface area is 117 Å². The molecular formula is C16H17NOS. The molecule has 1 aliphatic carbocycles. The smallest absolute Gasteiger partial charge is 0.182 e. The third-order valence-electron chi connectivity index (χ3n) is 3.84. The van der Waals surface area contributed by atoms with Gasteiger partial charge in [-0.3, -0.25) is 4.79 Å². The molecule has 0 atom stereocenters. The maximum Gasteiger partial charge on any atom is 0.182 e. The molecule has 3 rings (SSSR count). The van der Waals surface area contributed by atoms with E-state index in [-0.39, 0.29) is 5.78 Å². The van der Waals surface area contributed by atoms with Gasteiger partial charge in [-0.25, -0.2) is 4.98 Å². The summed E-state index contributed by atoms with van der Waals surface area (Å²) >= 11 is 1.69. The van der Waals surface area contributed by atoms with E-state index < -0.39 is 0 Å². The molecule has 0 bridgehead atoms. The molecule has 1 aromatic carbocycles. The monoisotopic (exact) mass is 271 g/mol. The van der Waals surface area contributed by atoms with Crippen molar-refractivity contribution in [3.05, 3.63) is 39.4 Å². The Morgan fingerprint density at radius 2 is 1.79 bits per heavy atom. The second-order valence-corrected chi connectivity index (χ2v) is 6.40. The number of carbonyl (C=O) groups excluding carboxylic acids is 1. The van der Waals surface area contributed by atoms with Crippen molar-refractivity contribution in [2.24, 2.45) is 0 Å². The number of thiazole rings is 1. The summed E-state index contributed by atoms with van der Waals surface area (Å²) in [4.78, 5) is 17.7. The number of aryl methyl sites for hydroxylation is 4. The van der Waals surface area contributed by atoms with E-state index in [2.05, 4.69) is 37.9 Å². The summed E-state index contributed by atoms with van der Waals surface area (Å²) in [5.74, 6) is 0.213. The minimum absolute atomic E-state index is 0.213. The number of Topliss-reactive ketones (excluding diaryl/α,β-unsaturated/α-hetero) is 1. The normalized spacial score (nSPS) is 14.6. The van der Waals surface area contributed by atoms with Crippen LogP contribution in [0, 0.1) is 20.8 Å². The van der Waals surface area contributed by atoms with Gasteiger partial charge >= 0.3 is 0 Å². The van der Waals surface area contributed by atoms with Gasteiger partial charge in [-0.1, -0.05) is 6.07 Å². The summed E-state index contributed by atoms with van der Waals surface area (Å²) in [6.45, 7) is 6.36. The van der Waals surface area contributed by atoms with Gasteiger partial charge in [-0.2, -0.15) is 0 Å². The molecule has 0 radical (unpaired) electrons. The molecule has 1 aliphatic rings. The van der Waals surface area contributed by atoms with Gasteiger partial charge in [-0.05, 0) is 56.4 Å². The van der Waals surface area contributed by atoms with Crippen LogP contribution in [-0.2, 0) is 6.42 Å². The molecule has 0 spiro atoms. The van der Waals surface area contributed by atoms with Gasteiger partial charge in [0.05, 0.1) is 0 Å². The average Bonchev–Trinajstić information content (AvgIpc) is 2.79. The molecule has 0 fully saturated rings. The largest absolute Gasteiger partial charge is 0.292 e. The molecule has 0 saturated carbocycles. The van der Waals surface area contributed by atoms with Crippen molar-refractivity contribution in [3.8, 4) is 10.6 Å². The van der Waals surface area contributed by atoms with Crippen LogP contribution >= 0.6 is 11.3 Å². The van der Waals surface area contributed by atoms with E-state index in [1.807, 2.05) is 0 Å². The van der Waals surface area contributed by atoms with Crippen LogP contribution in [0.1, 0.15) is 44.9 Å². The van der Waals surface area contributed by atoms with E-state index >= 15 is 0 Å². The molecule has 1 heterocycles. The fraction of sp³-hybridized carbons (Fsp3) is 0.375. The first-order valence-corrected chi connectivity index (χ1v) is 7.49. The Hall–Kier alpha value is -1.48. The molecule has 0 aliphatic heterocycles. The highest BCUT2D eigenvalue weighted by molar-refractivity contribution is 7.15. The number of fused-ring (bicyclic) bond motifs is 1. The molecule has 19 heavy (non-hydrogen) atoms. The van der Waals surface area contributed by atoms with Gasteiger partial charge in [0.1, 0.15) is 10.7 Å². The lowest BCUT2D eigenvalue weighted by molar-refractivity contribution is 0.0968. The average molecular weight is 271 g/mol. The van der Waals surface area contributed by atoms with Gasteiger partial charge in [0.25, 0.3) is 0 Å². The number of rotatable bonds is 1. The lowest BCUT2D eigenvalue weighted by Gasteiger charge is -2.07. The van der Waals surface area contributed by atoms with E-state index in [1.54, 1.807) is 11.3 Å². The zero-order valence-electron chi connectivity index (χ0n) is 11.5. The molecule has 1 aromatic heterocycles. The highest BCUT2D eigenvalue weighted by atomic mass is 32.1. The third-order valence-corrected chi connectivity index (χ3v) is 4.99. The predicted molar refractivity (Wildman–Crippen MR) is 79.0 cm³/mol. The van der Waals surface area contributed by atoms with Gasteiger partial charge in [0.15, 0.2) is 5.78 Å². The molecular weight excluding hydrogens is 254 g/mol. The quantitative estimate of drug-likeness (QED) is 0.776. The fourth-order valence-corrected chi connectivity index (χ4v) is 3.78. The van der Waals surface area contributed by atoms with Crippen molar-refractivity contribution in [1.29, 1.82) is 0 Å². The summed E-state index contributed by atoms with van der Waals surface area (Å²) in [6.07, 6.45) is 2.63. The lowest BCUT2D eigenvalue weighted by Crippen LogP contribution is -2.08.